The molecular formula is C19H28ClN3O4. The van der Waals surface area contributed by atoms with Crippen molar-refractivity contribution >= 4 is 35.9 Å². The summed E-state index contributed by atoms with van der Waals surface area (Å²) in [5, 5.41) is 2.77. The molecule has 0 aromatic heterocycles. The van der Waals surface area contributed by atoms with Crippen LogP contribution in [0, 0.1) is 11.8 Å². The average Bonchev–Trinajstić information content (AvgIpc) is 2.67. The molecular weight excluding hydrogens is 370 g/mol. The van der Waals surface area contributed by atoms with E-state index in [0.29, 0.717) is 43.8 Å². The maximum atomic E-state index is 12.6. The number of likely N-dealkylation sites (tertiary alicyclic amines) is 1. The lowest BCUT2D eigenvalue weighted by molar-refractivity contribution is -0.149. The summed E-state index contributed by atoms with van der Waals surface area (Å²) in [7, 11) is 0. The predicted molar refractivity (Wildman–Crippen MR) is 106 cm³/mol. The molecule has 0 saturated carbocycles. The zero-order valence-electron chi connectivity index (χ0n) is 15.8. The van der Waals surface area contributed by atoms with Gasteiger partial charge in [0.15, 0.2) is 0 Å². The van der Waals surface area contributed by atoms with Crippen LogP contribution >= 0.6 is 12.4 Å². The quantitative estimate of drug-likeness (QED) is 0.715. The minimum absolute atomic E-state index is 0. The largest absolute Gasteiger partial charge is 0.466 e. The molecule has 1 unspecified atom stereocenters. The molecule has 2 rings (SSSR count). The van der Waals surface area contributed by atoms with Crippen molar-refractivity contribution < 1.29 is 19.1 Å². The van der Waals surface area contributed by atoms with Crippen LogP contribution in [0.1, 0.15) is 37.0 Å². The van der Waals surface area contributed by atoms with Gasteiger partial charge in [-0.3, -0.25) is 14.4 Å². The van der Waals surface area contributed by atoms with Gasteiger partial charge in [-0.2, -0.15) is 0 Å². The number of amides is 2. The van der Waals surface area contributed by atoms with E-state index >= 15 is 0 Å². The van der Waals surface area contributed by atoms with Gasteiger partial charge < -0.3 is 20.7 Å². The average molecular weight is 398 g/mol. The Morgan fingerprint density at radius 2 is 1.81 bits per heavy atom. The van der Waals surface area contributed by atoms with Gasteiger partial charge in [0, 0.05) is 36.8 Å². The lowest BCUT2D eigenvalue weighted by atomic mass is 9.96. The van der Waals surface area contributed by atoms with E-state index in [9.17, 15) is 14.4 Å². The Kier molecular flexibility index (Phi) is 9.25. The van der Waals surface area contributed by atoms with E-state index in [1.165, 1.54) is 0 Å². The number of nitrogens with zero attached hydrogens (tertiary/aromatic N) is 1. The summed E-state index contributed by atoms with van der Waals surface area (Å²) in [5.74, 6) is -0.780. The van der Waals surface area contributed by atoms with Crippen LogP contribution in [-0.2, 0) is 14.3 Å². The molecule has 0 aliphatic carbocycles. The first-order chi connectivity index (χ1) is 12.5. The molecule has 7 nitrogen and oxygen atoms in total. The van der Waals surface area contributed by atoms with Crippen LogP contribution in [0.4, 0.5) is 5.69 Å². The van der Waals surface area contributed by atoms with Crippen LogP contribution in [0.3, 0.4) is 0 Å². The second-order valence-electron chi connectivity index (χ2n) is 6.52. The molecule has 1 aliphatic heterocycles. The molecule has 1 heterocycles. The fourth-order valence-electron chi connectivity index (χ4n) is 2.83. The molecule has 0 bridgehead atoms. The van der Waals surface area contributed by atoms with Crippen LogP contribution in [0.15, 0.2) is 24.3 Å². The molecule has 1 aromatic carbocycles. The fourth-order valence-corrected chi connectivity index (χ4v) is 2.83. The highest BCUT2D eigenvalue weighted by Crippen LogP contribution is 2.21. The molecule has 1 atom stereocenters. The van der Waals surface area contributed by atoms with Gasteiger partial charge in [-0.15, -0.1) is 12.4 Å². The van der Waals surface area contributed by atoms with Gasteiger partial charge in [0.25, 0.3) is 5.91 Å². The summed E-state index contributed by atoms with van der Waals surface area (Å²) < 4.78 is 5.05. The van der Waals surface area contributed by atoms with Gasteiger partial charge in [-0.1, -0.05) is 6.92 Å². The van der Waals surface area contributed by atoms with E-state index in [0.717, 1.165) is 0 Å². The number of ether oxygens (including phenoxy) is 1. The van der Waals surface area contributed by atoms with Crippen molar-refractivity contribution in [3.05, 3.63) is 29.8 Å². The van der Waals surface area contributed by atoms with E-state index in [-0.39, 0.29) is 48.6 Å². The van der Waals surface area contributed by atoms with Gasteiger partial charge >= 0.3 is 5.97 Å². The SMILES string of the molecule is CCOC(=O)C1CCN(C(=O)c2ccc(NC(=O)C(C)CN)cc2)CC1.Cl. The van der Waals surface area contributed by atoms with Gasteiger partial charge in [-0.05, 0) is 44.0 Å². The number of hydrogen-bond acceptors (Lipinski definition) is 5. The second-order valence-corrected chi connectivity index (χ2v) is 6.52. The van der Waals surface area contributed by atoms with E-state index < -0.39 is 0 Å². The standard InChI is InChI=1S/C19H27N3O4.ClH/c1-3-26-19(25)15-8-10-22(11-9-15)18(24)14-4-6-16(7-5-14)21-17(23)13(2)12-20;/h4-7,13,15H,3,8-12,20H2,1-2H3,(H,21,23);1H. The van der Waals surface area contributed by atoms with Crippen molar-refractivity contribution in [1.29, 1.82) is 0 Å². The number of benzene rings is 1. The number of nitrogens with two attached hydrogens (primary N) is 1. The minimum Gasteiger partial charge on any atom is -0.466 e. The highest BCUT2D eigenvalue weighted by atomic mass is 35.5. The first-order valence-electron chi connectivity index (χ1n) is 9.03. The second kappa shape index (κ2) is 10.9. The fraction of sp³-hybridized carbons (Fsp3) is 0.526. The topological polar surface area (TPSA) is 102 Å². The van der Waals surface area contributed by atoms with Gasteiger partial charge in [-0.25, -0.2) is 0 Å². The normalized spacial score (nSPS) is 15.4. The molecule has 0 spiro atoms. The van der Waals surface area contributed by atoms with Gasteiger partial charge in [0.2, 0.25) is 5.91 Å². The van der Waals surface area contributed by atoms with Crippen molar-refractivity contribution in [2.45, 2.75) is 26.7 Å². The maximum Gasteiger partial charge on any atom is 0.309 e. The third-order valence-corrected chi connectivity index (χ3v) is 4.60. The number of anilines is 1. The Balaban J connectivity index is 0.00000364. The van der Waals surface area contributed by atoms with Gasteiger partial charge in [0.05, 0.1) is 12.5 Å². The Hall–Kier alpha value is -2.12. The Morgan fingerprint density at radius 1 is 1.22 bits per heavy atom. The zero-order chi connectivity index (χ0) is 19.1. The number of piperidine rings is 1. The number of nitrogens with one attached hydrogen (secondary N) is 1. The molecule has 150 valence electrons. The molecule has 1 aliphatic rings. The summed E-state index contributed by atoms with van der Waals surface area (Å²) in [4.78, 5) is 38.0. The number of carbonyl (C=O) groups excluding carboxylic acids is 3. The van der Waals surface area contributed by atoms with Crippen molar-refractivity contribution in [1.82, 2.24) is 4.90 Å². The molecule has 1 aromatic rings. The number of halogens is 1. The molecule has 3 N–H and O–H groups in total. The third kappa shape index (κ3) is 6.22. The first kappa shape index (κ1) is 22.9. The lowest BCUT2D eigenvalue weighted by Gasteiger charge is -2.31. The molecule has 8 heteroatoms. The number of esters is 1. The third-order valence-electron chi connectivity index (χ3n) is 4.60. The van der Waals surface area contributed by atoms with Crippen molar-refractivity contribution in [2.75, 3.05) is 31.6 Å². The van der Waals surface area contributed by atoms with Crippen LogP contribution < -0.4 is 11.1 Å². The maximum absolute atomic E-state index is 12.6. The first-order valence-corrected chi connectivity index (χ1v) is 9.03. The molecule has 27 heavy (non-hydrogen) atoms. The lowest BCUT2D eigenvalue weighted by Crippen LogP contribution is -2.40. The highest BCUT2D eigenvalue weighted by Gasteiger charge is 2.28. The Labute approximate surface area is 166 Å². The smallest absolute Gasteiger partial charge is 0.309 e. The molecule has 2 amide bonds. The minimum atomic E-state index is -0.267. The van der Waals surface area contributed by atoms with E-state index in [4.69, 9.17) is 10.5 Å². The van der Waals surface area contributed by atoms with Crippen LogP contribution in [0.2, 0.25) is 0 Å². The summed E-state index contributed by atoms with van der Waals surface area (Å²) >= 11 is 0. The Morgan fingerprint density at radius 3 is 2.33 bits per heavy atom. The zero-order valence-corrected chi connectivity index (χ0v) is 16.6. The number of hydrogen-bond donors (Lipinski definition) is 2. The number of rotatable bonds is 6. The van der Waals surface area contributed by atoms with Crippen molar-refractivity contribution in [3.63, 3.8) is 0 Å². The Bertz CT molecular complexity index is 643. The van der Waals surface area contributed by atoms with Crippen molar-refractivity contribution in [2.24, 2.45) is 17.6 Å². The summed E-state index contributed by atoms with van der Waals surface area (Å²) in [6.45, 7) is 5.28. The predicted octanol–water partition coefficient (Wildman–Crippen LogP) is 2.06. The van der Waals surface area contributed by atoms with Crippen LogP contribution in [0.25, 0.3) is 0 Å². The highest BCUT2D eigenvalue weighted by molar-refractivity contribution is 5.96. The summed E-state index contributed by atoms with van der Waals surface area (Å²) in [6, 6.07) is 6.81. The number of carbonyl (C=O) groups is 3. The van der Waals surface area contributed by atoms with E-state index in [1.807, 2.05) is 0 Å². The van der Waals surface area contributed by atoms with Crippen LogP contribution in [0.5, 0.6) is 0 Å². The van der Waals surface area contributed by atoms with E-state index in [2.05, 4.69) is 5.32 Å². The van der Waals surface area contributed by atoms with Gasteiger partial charge in [0.1, 0.15) is 0 Å². The van der Waals surface area contributed by atoms with E-state index in [1.54, 1.807) is 43.0 Å². The van der Waals surface area contributed by atoms with Crippen LogP contribution in [-0.4, -0.2) is 48.9 Å². The summed E-state index contributed by atoms with van der Waals surface area (Å²) in [5.41, 5.74) is 6.67. The molecule has 1 fully saturated rings. The molecule has 1 saturated heterocycles. The monoisotopic (exact) mass is 397 g/mol. The molecule has 0 radical (unpaired) electrons. The summed E-state index contributed by atoms with van der Waals surface area (Å²) in [6.07, 6.45) is 1.24. The van der Waals surface area contributed by atoms with Crippen molar-refractivity contribution in [3.8, 4) is 0 Å².